The molecule has 4 rings (SSSR count). The molecular formula is C26H31N3O3. The molecule has 2 aliphatic rings. The number of nitrogens with zero attached hydrogens (tertiary/aromatic N) is 3. The highest BCUT2D eigenvalue weighted by molar-refractivity contribution is 6.35. The van der Waals surface area contributed by atoms with Gasteiger partial charge in [-0.1, -0.05) is 48.5 Å². The van der Waals surface area contributed by atoms with E-state index in [1.165, 1.54) is 16.0 Å². The standard InChI is InChI=1S/C26H31N3O3/c1-19-9-10-22(17-20(19)2)23-24(26(31)29(25(23)30)15-16-32-3)28-13-11-27(12-14-28)18-21-7-5-4-6-8-21/h4-10,17H,11-16,18H2,1-3H3. The SMILES string of the molecule is COCCN1C(=O)C(c2ccc(C)c(C)c2)=C(N2CCN(Cc3ccccc3)CC2)C1=O. The summed E-state index contributed by atoms with van der Waals surface area (Å²) < 4.78 is 5.14. The van der Waals surface area contributed by atoms with E-state index in [4.69, 9.17) is 4.74 Å². The highest BCUT2D eigenvalue weighted by Gasteiger charge is 2.42. The van der Waals surface area contributed by atoms with E-state index in [1.54, 1.807) is 7.11 Å². The van der Waals surface area contributed by atoms with Crippen molar-refractivity contribution in [1.82, 2.24) is 14.7 Å². The molecule has 2 amide bonds. The van der Waals surface area contributed by atoms with Gasteiger partial charge < -0.3 is 9.64 Å². The van der Waals surface area contributed by atoms with E-state index in [0.29, 0.717) is 31.0 Å². The summed E-state index contributed by atoms with van der Waals surface area (Å²) in [7, 11) is 1.58. The zero-order valence-corrected chi connectivity index (χ0v) is 19.1. The number of benzene rings is 2. The largest absolute Gasteiger partial charge is 0.383 e. The van der Waals surface area contributed by atoms with Crippen molar-refractivity contribution in [1.29, 1.82) is 0 Å². The summed E-state index contributed by atoms with van der Waals surface area (Å²) in [6, 6.07) is 16.4. The Kier molecular flexibility index (Phi) is 6.72. The fourth-order valence-corrected chi connectivity index (χ4v) is 4.37. The van der Waals surface area contributed by atoms with Crippen LogP contribution in [0.4, 0.5) is 0 Å². The van der Waals surface area contributed by atoms with Gasteiger partial charge in [0.05, 0.1) is 18.7 Å². The quantitative estimate of drug-likeness (QED) is 0.629. The number of carbonyl (C=O) groups is 2. The summed E-state index contributed by atoms with van der Waals surface area (Å²) in [4.78, 5) is 32.5. The van der Waals surface area contributed by atoms with E-state index in [0.717, 1.165) is 30.8 Å². The summed E-state index contributed by atoms with van der Waals surface area (Å²) in [5.74, 6) is -0.436. The zero-order chi connectivity index (χ0) is 22.7. The lowest BCUT2D eigenvalue weighted by atomic mass is 9.99. The number of hydrogen-bond donors (Lipinski definition) is 0. The molecule has 1 fully saturated rings. The minimum atomic E-state index is -0.225. The first kappa shape index (κ1) is 22.2. The van der Waals surface area contributed by atoms with Crippen LogP contribution in [0.25, 0.3) is 5.57 Å². The minimum absolute atomic E-state index is 0.211. The second-order valence-corrected chi connectivity index (χ2v) is 8.53. The van der Waals surface area contributed by atoms with Crippen molar-refractivity contribution < 1.29 is 14.3 Å². The molecule has 0 saturated carbocycles. The normalized spacial score (nSPS) is 17.6. The lowest BCUT2D eigenvalue weighted by Gasteiger charge is -2.36. The Bertz CT molecular complexity index is 1020. The Labute approximate surface area is 190 Å². The molecule has 2 heterocycles. The molecule has 1 saturated heterocycles. The summed E-state index contributed by atoms with van der Waals surface area (Å²) in [5.41, 5.74) is 5.43. The number of amides is 2. The van der Waals surface area contributed by atoms with Crippen LogP contribution in [-0.2, 0) is 20.9 Å². The van der Waals surface area contributed by atoms with Gasteiger partial charge in [-0.3, -0.25) is 19.4 Å². The number of rotatable bonds is 7. The molecule has 6 heteroatoms. The number of imide groups is 1. The average Bonchev–Trinajstić information content (AvgIpc) is 3.05. The molecule has 0 atom stereocenters. The molecule has 0 N–H and O–H groups in total. The number of methoxy groups -OCH3 is 1. The van der Waals surface area contributed by atoms with Gasteiger partial charge in [-0.2, -0.15) is 0 Å². The summed E-state index contributed by atoms with van der Waals surface area (Å²) in [6.45, 7) is 8.69. The van der Waals surface area contributed by atoms with Gasteiger partial charge in [-0.25, -0.2) is 0 Å². The van der Waals surface area contributed by atoms with Crippen molar-refractivity contribution in [2.75, 3.05) is 46.4 Å². The molecule has 0 bridgehead atoms. The predicted molar refractivity (Wildman–Crippen MR) is 125 cm³/mol. The number of aryl methyl sites for hydroxylation is 2. The van der Waals surface area contributed by atoms with Crippen molar-refractivity contribution in [2.24, 2.45) is 0 Å². The Hall–Kier alpha value is -2.96. The maximum Gasteiger partial charge on any atom is 0.277 e. The maximum absolute atomic E-state index is 13.4. The third-order valence-corrected chi connectivity index (χ3v) is 6.40. The van der Waals surface area contributed by atoms with E-state index in [1.807, 2.05) is 38.1 Å². The lowest BCUT2D eigenvalue weighted by molar-refractivity contribution is -0.138. The highest BCUT2D eigenvalue weighted by atomic mass is 16.5. The van der Waals surface area contributed by atoms with Crippen LogP contribution >= 0.6 is 0 Å². The fraction of sp³-hybridized carbons (Fsp3) is 0.385. The minimum Gasteiger partial charge on any atom is -0.383 e. The second-order valence-electron chi connectivity index (χ2n) is 8.53. The van der Waals surface area contributed by atoms with Crippen molar-refractivity contribution in [3.63, 3.8) is 0 Å². The average molecular weight is 434 g/mol. The predicted octanol–water partition coefficient (Wildman–Crippen LogP) is 2.85. The van der Waals surface area contributed by atoms with E-state index >= 15 is 0 Å². The van der Waals surface area contributed by atoms with Crippen LogP contribution in [0.3, 0.4) is 0 Å². The third kappa shape index (κ3) is 4.47. The topological polar surface area (TPSA) is 53.1 Å². The van der Waals surface area contributed by atoms with Crippen LogP contribution in [0.2, 0.25) is 0 Å². The monoisotopic (exact) mass is 433 g/mol. The maximum atomic E-state index is 13.4. The van der Waals surface area contributed by atoms with Gasteiger partial charge in [0, 0.05) is 39.8 Å². The summed E-state index contributed by atoms with van der Waals surface area (Å²) >= 11 is 0. The Morgan fingerprint density at radius 3 is 2.25 bits per heavy atom. The molecule has 0 radical (unpaired) electrons. The van der Waals surface area contributed by atoms with E-state index < -0.39 is 0 Å². The molecule has 0 aromatic heterocycles. The molecule has 6 nitrogen and oxygen atoms in total. The first-order chi connectivity index (χ1) is 15.5. The molecule has 0 spiro atoms. The van der Waals surface area contributed by atoms with Crippen molar-refractivity contribution in [3.8, 4) is 0 Å². The molecule has 0 aliphatic carbocycles. The van der Waals surface area contributed by atoms with Crippen LogP contribution in [0.5, 0.6) is 0 Å². The van der Waals surface area contributed by atoms with Crippen LogP contribution in [0, 0.1) is 13.8 Å². The molecule has 168 valence electrons. The van der Waals surface area contributed by atoms with E-state index in [2.05, 4.69) is 34.1 Å². The van der Waals surface area contributed by atoms with Gasteiger partial charge in [-0.05, 0) is 36.1 Å². The van der Waals surface area contributed by atoms with Crippen molar-refractivity contribution >= 4 is 17.4 Å². The van der Waals surface area contributed by atoms with Crippen LogP contribution in [0.15, 0.2) is 54.2 Å². The lowest BCUT2D eigenvalue weighted by Crippen LogP contribution is -2.47. The molecule has 2 aromatic carbocycles. The van der Waals surface area contributed by atoms with Crippen LogP contribution < -0.4 is 0 Å². The smallest absolute Gasteiger partial charge is 0.277 e. The van der Waals surface area contributed by atoms with Crippen molar-refractivity contribution in [3.05, 3.63) is 76.5 Å². The number of piperazine rings is 1. The zero-order valence-electron chi connectivity index (χ0n) is 19.1. The second kappa shape index (κ2) is 9.67. The number of hydrogen-bond acceptors (Lipinski definition) is 5. The number of ether oxygens (including phenoxy) is 1. The Morgan fingerprint density at radius 1 is 0.875 bits per heavy atom. The van der Waals surface area contributed by atoms with Crippen molar-refractivity contribution in [2.45, 2.75) is 20.4 Å². The summed E-state index contributed by atoms with van der Waals surface area (Å²) in [5, 5.41) is 0. The first-order valence-corrected chi connectivity index (χ1v) is 11.2. The fourth-order valence-electron chi connectivity index (χ4n) is 4.37. The molecule has 0 unspecified atom stereocenters. The molecule has 2 aromatic rings. The Morgan fingerprint density at radius 2 is 1.59 bits per heavy atom. The van der Waals surface area contributed by atoms with Gasteiger partial charge >= 0.3 is 0 Å². The van der Waals surface area contributed by atoms with Gasteiger partial charge in [0.1, 0.15) is 5.70 Å². The van der Waals surface area contributed by atoms with E-state index in [-0.39, 0.29) is 18.4 Å². The molecule has 32 heavy (non-hydrogen) atoms. The molecule has 2 aliphatic heterocycles. The third-order valence-electron chi connectivity index (χ3n) is 6.40. The van der Waals surface area contributed by atoms with Crippen LogP contribution in [0.1, 0.15) is 22.3 Å². The van der Waals surface area contributed by atoms with Gasteiger partial charge in [0.15, 0.2) is 0 Å². The van der Waals surface area contributed by atoms with Gasteiger partial charge in [-0.15, -0.1) is 0 Å². The first-order valence-electron chi connectivity index (χ1n) is 11.2. The van der Waals surface area contributed by atoms with E-state index in [9.17, 15) is 9.59 Å². The summed E-state index contributed by atoms with van der Waals surface area (Å²) in [6.07, 6.45) is 0. The molecular weight excluding hydrogens is 402 g/mol. The van der Waals surface area contributed by atoms with Crippen LogP contribution in [-0.4, -0.2) is 73.0 Å². The van der Waals surface area contributed by atoms with Gasteiger partial charge in [0.25, 0.3) is 11.8 Å². The number of carbonyl (C=O) groups excluding carboxylic acids is 2. The Balaban J connectivity index is 1.59. The van der Waals surface area contributed by atoms with Gasteiger partial charge in [0.2, 0.25) is 0 Å². The highest BCUT2D eigenvalue weighted by Crippen LogP contribution is 2.33.